The third-order valence-electron chi connectivity index (χ3n) is 5.27. The number of rotatable bonds is 9. The van der Waals surface area contributed by atoms with E-state index in [1.54, 1.807) is 27.7 Å². The van der Waals surface area contributed by atoms with Crippen LogP contribution in [-0.4, -0.2) is 36.2 Å². The minimum atomic E-state index is -1.04. The average molecular weight is 424 g/mol. The zero-order chi connectivity index (χ0) is 22.6. The summed E-state index contributed by atoms with van der Waals surface area (Å²) in [6, 6.07) is 16.2. The third kappa shape index (κ3) is 5.51. The molecule has 2 aromatic rings. The third-order valence-corrected chi connectivity index (χ3v) is 5.27. The summed E-state index contributed by atoms with van der Waals surface area (Å²) >= 11 is 0. The van der Waals surface area contributed by atoms with Crippen molar-refractivity contribution in [2.45, 2.75) is 57.7 Å². The van der Waals surface area contributed by atoms with Crippen molar-refractivity contribution < 1.29 is 28.6 Å². The molecule has 6 nitrogen and oxygen atoms in total. The molecule has 0 unspecified atom stereocenters. The van der Waals surface area contributed by atoms with Crippen molar-refractivity contribution in [2.75, 3.05) is 6.61 Å². The molecule has 0 saturated heterocycles. The highest BCUT2D eigenvalue weighted by atomic mass is 16.6. The van der Waals surface area contributed by atoms with E-state index >= 15 is 0 Å². The Morgan fingerprint density at radius 1 is 0.839 bits per heavy atom. The molecule has 0 aliphatic heterocycles. The standard InChI is InChI=1S/C25H28O6/c1-24(2,30-16-26)14-23(28)31-25(3,4)13-22(27)29-15-21-19-11-7-5-9-17(19)18-10-6-8-12-20(18)21/h5-12,16,21H,13-15H2,1-4H3. The first-order valence-corrected chi connectivity index (χ1v) is 10.3. The van der Waals surface area contributed by atoms with Crippen LogP contribution in [0.3, 0.4) is 0 Å². The molecule has 0 saturated carbocycles. The molecule has 0 atom stereocenters. The van der Waals surface area contributed by atoms with Gasteiger partial charge in [0.25, 0.3) is 6.47 Å². The van der Waals surface area contributed by atoms with Gasteiger partial charge in [-0.3, -0.25) is 14.4 Å². The Morgan fingerprint density at radius 2 is 1.35 bits per heavy atom. The molecule has 1 aliphatic rings. The minimum Gasteiger partial charge on any atom is -0.465 e. The highest BCUT2D eigenvalue weighted by Gasteiger charge is 2.33. The molecule has 164 valence electrons. The van der Waals surface area contributed by atoms with E-state index in [1.165, 1.54) is 0 Å². The maximum absolute atomic E-state index is 12.5. The molecule has 2 aromatic carbocycles. The average Bonchev–Trinajstić information content (AvgIpc) is 2.98. The zero-order valence-electron chi connectivity index (χ0n) is 18.3. The lowest BCUT2D eigenvalue weighted by Crippen LogP contribution is -2.35. The van der Waals surface area contributed by atoms with Crippen LogP contribution < -0.4 is 0 Å². The number of benzene rings is 2. The van der Waals surface area contributed by atoms with Crippen molar-refractivity contribution in [1.82, 2.24) is 0 Å². The van der Waals surface area contributed by atoms with E-state index in [0.717, 1.165) is 22.3 Å². The topological polar surface area (TPSA) is 78.9 Å². The second-order valence-corrected chi connectivity index (χ2v) is 8.97. The van der Waals surface area contributed by atoms with Gasteiger partial charge in [-0.25, -0.2) is 0 Å². The Labute approximate surface area is 182 Å². The van der Waals surface area contributed by atoms with E-state index in [-0.39, 0.29) is 25.4 Å². The number of esters is 2. The molecule has 3 rings (SSSR count). The van der Waals surface area contributed by atoms with Crippen LogP contribution in [0.4, 0.5) is 0 Å². The molecule has 0 aromatic heterocycles. The first-order chi connectivity index (χ1) is 14.6. The van der Waals surface area contributed by atoms with Crippen molar-refractivity contribution in [3.63, 3.8) is 0 Å². The van der Waals surface area contributed by atoms with E-state index < -0.39 is 23.1 Å². The van der Waals surface area contributed by atoms with E-state index in [1.807, 2.05) is 24.3 Å². The number of carbonyl (C=O) groups is 3. The van der Waals surface area contributed by atoms with Gasteiger partial charge in [0, 0.05) is 5.92 Å². The highest BCUT2D eigenvalue weighted by Crippen LogP contribution is 2.44. The van der Waals surface area contributed by atoms with E-state index in [2.05, 4.69) is 24.3 Å². The Morgan fingerprint density at radius 3 is 1.90 bits per heavy atom. The molecule has 0 bridgehead atoms. The lowest BCUT2D eigenvalue weighted by atomic mass is 9.98. The molecule has 0 N–H and O–H groups in total. The van der Waals surface area contributed by atoms with Crippen LogP contribution in [0, 0.1) is 0 Å². The fourth-order valence-corrected chi connectivity index (χ4v) is 3.91. The zero-order valence-corrected chi connectivity index (χ0v) is 18.3. The largest absolute Gasteiger partial charge is 0.465 e. The Bertz CT molecular complexity index is 930. The number of ether oxygens (including phenoxy) is 3. The van der Waals surface area contributed by atoms with Crippen molar-refractivity contribution >= 4 is 18.4 Å². The monoisotopic (exact) mass is 424 g/mol. The van der Waals surface area contributed by atoms with Crippen molar-refractivity contribution in [2.24, 2.45) is 0 Å². The van der Waals surface area contributed by atoms with E-state index in [9.17, 15) is 14.4 Å². The van der Waals surface area contributed by atoms with E-state index in [0.29, 0.717) is 6.47 Å². The van der Waals surface area contributed by atoms with Crippen LogP contribution in [0.5, 0.6) is 0 Å². The fourth-order valence-electron chi connectivity index (χ4n) is 3.91. The number of hydrogen-bond acceptors (Lipinski definition) is 6. The summed E-state index contributed by atoms with van der Waals surface area (Å²) < 4.78 is 15.9. The van der Waals surface area contributed by atoms with Gasteiger partial charge in [0.1, 0.15) is 17.8 Å². The van der Waals surface area contributed by atoms with Gasteiger partial charge in [0.05, 0.1) is 12.8 Å². The maximum Gasteiger partial charge on any atom is 0.310 e. The Balaban J connectivity index is 1.59. The lowest BCUT2D eigenvalue weighted by molar-refractivity contribution is -0.168. The normalized spacial score (nSPS) is 13.2. The summed E-state index contributed by atoms with van der Waals surface area (Å²) in [7, 11) is 0. The van der Waals surface area contributed by atoms with Gasteiger partial charge in [-0.1, -0.05) is 48.5 Å². The van der Waals surface area contributed by atoms with Crippen molar-refractivity contribution in [3.05, 3.63) is 59.7 Å². The first-order valence-electron chi connectivity index (χ1n) is 10.3. The molecular weight excluding hydrogens is 396 g/mol. The van der Waals surface area contributed by atoms with Gasteiger partial charge in [-0.15, -0.1) is 0 Å². The number of fused-ring (bicyclic) bond motifs is 3. The van der Waals surface area contributed by atoms with Gasteiger partial charge in [-0.2, -0.15) is 0 Å². The van der Waals surface area contributed by atoms with Crippen LogP contribution >= 0.6 is 0 Å². The summed E-state index contributed by atoms with van der Waals surface area (Å²) in [6.45, 7) is 7.05. The molecule has 0 heterocycles. The van der Waals surface area contributed by atoms with Gasteiger partial charge in [-0.05, 0) is 49.9 Å². The van der Waals surface area contributed by atoms with Gasteiger partial charge in [0.15, 0.2) is 0 Å². The summed E-state index contributed by atoms with van der Waals surface area (Å²) in [4.78, 5) is 35.3. The van der Waals surface area contributed by atoms with Gasteiger partial charge < -0.3 is 14.2 Å². The lowest BCUT2D eigenvalue weighted by Gasteiger charge is -2.27. The van der Waals surface area contributed by atoms with Crippen LogP contribution in [0.2, 0.25) is 0 Å². The summed E-state index contributed by atoms with van der Waals surface area (Å²) in [6.07, 6.45) is -0.191. The second kappa shape index (κ2) is 8.92. The molecule has 0 spiro atoms. The number of hydrogen-bond donors (Lipinski definition) is 0. The summed E-state index contributed by atoms with van der Waals surface area (Å²) in [5.41, 5.74) is 2.58. The molecular formula is C25H28O6. The van der Waals surface area contributed by atoms with Crippen molar-refractivity contribution in [3.8, 4) is 11.1 Å². The van der Waals surface area contributed by atoms with Crippen LogP contribution in [0.1, 0.15) is 57.6 Å². The van der Waals surface area contributed by atoms with Crippen molar-refractivity contribution in [1.29, 1.82) is 0 Å². The smallest absolute Gasteiger partial charge is 0.310 e. The molecule has 0 amide bonds. The molecule has 0 radical (unpaired) electrons. The summed E-state index contributed by atoms with van der Waals surface area (Å²) in [5, 5.41) is 0. The first kappa shape index (κ1) is 22.5. The van der Waals surface area contributed by atoms with E-state index in [4.69, 9.17) is 14.2 Å². The fraction of sp³-hybridized carbons (Fsp3) is 0.400. The number of carbonyl (C=O) groups excluding carboxylic acids is 3. The maximum atomic E-state index is 12.5. The molecule has 31 heavy (non-hydrogen) atoms. The Kier molecular flexibility index (Phi) is 6.48. The molecule has 1 aliphatic carbocycles. The van der Waals surface area contributed by atoms with Gasteiger partial charge >= 0.3 is 11.9 Å². The molecule has 0 fully saturated rings. The van der Waals surface area contributed by atoms with Crippen LogP contribution in [0.15, 0.2) is 48.5 Å². The predicted molar refractivity (Wildman–Crippen MR) is 115 cm³/mol. The predicted octanol–water partition coefficient (Wildman–Crippen LogP) is 4.40. The summed E-state index contributed by atoms with van der Waals surface area (Å²) in [5.74, 6) is -1.02. The van der Waals surface area contributed by atoms with Gasteiger partial charge in [0.2, 0.25) is 0 Å². The van der Waals surface area contributed by atoms with Crippen LogP contribution in [0.25, 0.3) is 11.1 Å². The van der Waals surface area contributed by atoms with Crippen LogP contribution in [-0.2, 0) is 28.6 Å². The highest BCUT2D eigenvalue weighted by molar-refractivity contribution is 5.79. The second-order valence-electron chi connectivity index (χ2n) is 8.97. The SMILES string of the molecule is CC(C)(CC(=O)OC(C)(C)CC(=O)OCC1c2ccccc2-c2ccccc21)OC=O. The molecule has 6 heteroatoms. The Hall–Kier alpha value is -3.15. The minimum absolute atomic E-state index is 0.0247. The quantitative estimate of drug-likeness (QED) is 0.337.